The average molecular weight is 253 g/mol. The van der Waals surface area contributed by atoms with Gasteiger partial charge in [-0.2, -0.15) is 0 Å². The van der Waals surface area contributed by atoms with E-state index in [1.807, 2.05) is 12.1 Å². The quantitative estimate of drug-likeness (QED) is 0.722. The van der Waals surface area contributed by atoms with Crippen LogP contribution in [0.25, 0.3) is 0 Å². The van der Waals surface area contributed by atoms with Crippen LogP contribution in [0.4, 0.5) is 0 Å². The summed E-state index contributed by atoms with van der Waals surface area (Å²) in [6, 6.07) is 6.33. The van der Waals surface area contributed by atoms with Crippen LogP contribution in [0.3, 0.4) is 0 Å². The minimum atomic E-state index is 0.306. The van der Waals surface area contributed by atoms with Gasteiger partial charge in [-0.3, -0.25) is 0 Å². The number of rotatable bonds is 8. The van der Waals surface area contributed by atoms with E-state index in [4.69, 9.17) is 14.2 Å². The van der Waals surface area contributed by atoms with E-state index >= 15 is 0 Å². The summed E-state index contributed by atoms with van der Waals surface area (Å²) in [6.45, 7) is 3.70. The third-order valence-corrected chi connectivity index (χ3v) is 2.92. The summed E-state index contributed by atoms with van der Waals surface area (Å²) in [5.41, 5.74) is 1.20. The van der Waals surface area contributed by atoms with Gasteiger partial charge in [0.15, 0.2) is 11.5 Å². The highest BCUT2D eigenvalue weighted by atomic mass is 16.5. The topological polar surface area (TPSA) is 39.7 Å². The smallest absolute Gasteiger partial charge is 0.161 e. The van der Waals surface area contributed by atoms with Crippen LogP contribution in [0.5, 0.6) is 11.5 Å². The summed E-state index contributed by atoms with van der Waals surface area (Å²) in [5.74, 6) is 1.52. The maximum absolute atomic E-state index is 5.32. The molecule has 1 aromatic carbocycles. The van der Waals surface area contributed by atoms with Gasteiger partial charge in [0.1, 0.15) is 0 Å². The zero-order valence-electron chi connectivity index (χ0n) is 11.7. The molecule has 4 heteroatoms. The van der Waals surface area contributed by atoms with E-state index in [0.717, 1.165) is 24.5 Å². The molecule has 1 atom stereocenters. The van der Waals surface area contributed by atoms with E-state index in [0.29, 0.717) is 12.6 Å². The van der Waals surface area contributed by atoms with Crippen molar-refractivity contribution in [3.05, 3.63) is 23.8 Å². The van der Waals surface area contributed by atoms with Crippen molar-refractivity contribution in [3.8, 4) is 11.5 Å². The Morgan fingerprint density at radius 3 is 2.39 bits per heavy atom. The summed E-state index contributed by atoms with van der Waals surface area (Å²) in [4.78, 5) is 0. The Labute approximate surface area is 109 Å². The Balaban J connectivity index is 2.79. The fraction of sp³-hybridized carbons (Fsp3) is 0.571. The fourth-order valence-corrected chi connectivity index (χ4v) is 1.90. The van der Waals surface area contributed by atoms with Crippen LogP contribution in [0, 0.1) is 0 Å². The normalized spacial score (nSPS) is 12.2. The van der Waals surface area contributed by atoms with Gasteiger partial charge in [-0.25, -0.2) is 0 Å². The van der Waals surface area contributed by atoms with Crippen molar-refractivity contribution in [2.45, 2.75) is 19.4 Å². The molecule has 0 saturated carbocycles. The van der Waals surface area contributed by atoms with Crippen molar-refractivity contribution in [1.29, 1.82) is 0 Å². The highest BCUT2D eigenvalue weighted by Gasteiger charge is 2.11. The lowest BCUT2D eigenvalue weighted by atomic mass is 10.0. The summed E-state index contributed by atoms with van der Waals surface area (Å²) >= 11 is 0. The molecular weight excluding hydrogens is 230 g/mol. The molecule has 0 radical (unpaired) electrons. The third-order valence-electron chi connectivity index (χ3n) is 2.92. The summed E-state index contributed by atoms with van der Waals surface area (Å²) in [7, 11) is 5.01. The van der Waals surface area contributed by atoms with E-state index in [1.165, 1.54) is 5.56 Å². The molecule has 0 spiro atoms. The summed E-state index contributed by atoms with van der Waals surface area (Å²) in [5, 5.41) is 3.45. The zero-order valence-corrected chi connectivity index (χ0v) is 11.7. The molecule has 0 aliphatic heterocycles. The second-order valence-electron chi connectivity index (χ2n) is 4.02. The highest BCUT2D eigenvalue weighted by Crippen LogP contribution is 2.30. The molecule has 1 rings (SSSR count). The number of methoxy groups -OCH3 is 3. The van der Waals surface area contributed by atoms with E-state index < -0.39 is 0 Å². The Bertz CT molecular complexity index is 355. The van der Waals surface area contributed by atoms with Gasteiger partial charge in [0.25, 0.3) is 0 Å². The second-order valence-corrected chi connectivity index (χ2v) is 4.02. The Hall–Kier alpha value is -1.26. The zero-order chi connectivity index (χ0) is 13.4. The maximum atomic E-state index is 5.32. The molecule has 1 N–H and O–H groups in total. The standard InChI is InChI=1S/C14H23NO3/c1-5-12(15-8-9-16-2)11-6-7-13(17-3)14(10-11)18-4/h6-7,10,12,15H,5,8-9H2,1-4H3. The summed E-state index contributed by atoms with van der Waals surface area (Å²) < 4.78 is 15.6. The van der Waals surface area contributed by atoms with E-state index in [1.54, 1.807) is 21.3 Å². The van der Waals surface area contributed by atoms with Crippen molar-refractivity contribution < 1.29 is 14.2 Å². The largest absolute Gasteiger partial charge is 0.493 e. The molecule has 0 amide bonds. The van der Waals surface area contributed by atoms with Gasteiger partial charge in [-0.15, -0.1) is 0 Å². The number of hydrogen-bond donors (Lipinski definition) is 1. The minimum Gasteiger partial charge on any atom is -0.493 e. The molecule has 0 aliphatic rings. The van der Waals surface area contributed by atoms with Gasteiger partial charge in [0, 0.05) is 19.7 Å². The first-order chi connectivity index (χ1) is 8.76. The Morgan fingerprint density at radius 1 is 1.11 bits per heavy atom. The second kappa shape index (κ2) is 7.95. The van der Waals surface area contributed by atoms with Gasteiger partial charge < -0.3 is 19.5 Å². The van der Waals surface area contributed by atoms with Crippen LogP contribution in [-0.2, 0) is 4.74 Å². The molecule has 1 aromatic rings. The summed E-state index contributed by atoms with van der Waals surface area (Å²) in [6.07, 6.45) is 1.01. The van der Waals surface area contributed by atoms with E-state index in [9.17, 15) is 0 Å². The van der Waals surface area contributed by atoms with Crippen LogP contribution in [0.2, 0.25) is 0 Å². The van der Waals surface area contributed by atoms with Gasteiger partial charge in [0.05, 0.1) is 20.8 Å². The van der Waals surface area contributed by atoms with Gasteiger partial charge >= 0.3 is 0 Å². The van der Waals surface area contributed by atoms with Crippen LogP contribution < -0.4 is 14.8 Å². The molecule has 0 aromatic heterocycles. The molecule has 0 saturated heterocycles. The fourth-order valence-electron chi connectivity index (χ4n) is 1.90. The lowest BCUT2D eigenvalue weighted by molar-refractivity contribution is 0.195. The molecule has 4 nitrogen and oxygen atoms in total. The third kappa shape index (κ3) is 3.89. The first-order valence-electron chi connectivity index (χ1n) is 6.21. The monoisotopic (exact) mass is 253 g/mol. The minimum absolute atomic E-state index is 0.306. The Kier molecular flexibility index (Phi) is 6.54. The number of hydrogen-bond acceptors (Lipinski definition) is 4. The van der Waals surface area contributed by atoms with Crippen molar-refractivity contribution in [1.82, 2.24) is 5.32 Å². The molecule has 18 heavy (non-hydrogen) atoms. The van der Waals surface area contributed by atoms with E-state index in [2.05, 4.69) is 18.3 Å². The predicted octanol–water partition coefficient (Wildman–Crippen LogP) is 2.39. The van der Waals surface area contributed by atoms with Crippen molar-refractivity contribution in [3.63, 3.8) is 0 Å². The van der Waals surface area contributed by atoms with Crippen LogP contribution in [0.15, 0.2) is 18.2 Å². The van der Waals surface area contributed by atoms with Crippen LogP contribution in [-0.4, -0.2) is 34.5 Å². The average Bonchev–Trinajstić information content (AvgIpc) is 2.43. The van der Waals surface area contributed by atoms with E-state index in [-0.39, 0.29) is 0 Å². The van der Waals surface area contributed by atoms with Gasteiger partial charge in [-0.05, 0) is 24.1 Å². The lowest BCUT2D eigenvalue weighted by Gasteiger charge is -2.19. The number of ether oxygens (including phenoxy) is 3. The molecule has 0 aliphatic carbocycles. The van der Waals surface area contributed by atoms with Crippen molar-refractivity contribution in [2.75, 3.05) is 34.5 Å². The maximum Gasteiger partial charge on any atom is 0.161 e. The molecule has 0 bridgehead atoms. The van der Waals surface area contributed by atoms with Gasteiger partial charge in [-0.1, -0.05) is 13.0 Å². The first kappa shape index (κ1) is 14.8. The van der Waals surface area contributed by atoms with Crippen molar-refractivity contribution in [2.24, 2.45) is 0 Å². The lowest BCUT2D eigenvalue weighted by Crippen LogP contribution is -2.24. The number of nitrogens with one attached hydrogen (secondary N) is 1. The molecular formula is C14H23NO3. The van der Waals surface area contributed by atoms with Crippen molar-refractivity contribution >= 4 is 0 Å². The first-order valence-corrected chi connectivity index (χ1v) is 6.21. The number of benzene rings is 1. The van der Waals surface area contributed by atoms with Gasteiger partial charge in [0.2, 0.25) is 0 Å². The molecule has 102 valence electrons. The predicted molar refractivity (Wildman–Crippen MR) is 72.5 cm³/mol. The van der Waals surface area contributed by atoms with Crippen LogP contribution in [0.1, 0.15) is 24.9 Å². The molecule has 0 fully saturated rings. The van der Waals surface area contributed by atoms with Crippen LogP contribution >= 0.6 is 0 Å². The highest BCUT2D eigenvalue weighted by molar-refractivity contribution is 5.43. The SMILES string of the molecule is CCC(NCCOC)c1ccc(OC)c(OC)c1. The Morgan fingerprint density at radius 2 is 1.83 bits per heavy atom. The molecule has 0 heterocycles. The molecule has 1 unspecified atom stereocenters.